The molecule has 3 N–H and O–H groups in total. The fourth-order valence-corrected chi connectivity index (χ4v) is 3.42. The summed E-state index contributed by atoms with van der Waals surface area (Å²) in [5.41, 5.74) is 0. The summed E-state index contributed by atoms with van der Waals surface area (Å²) in [5, 5.41) is 19.8. The Morgan fingerprint density at radius 1 is 1.08 bits per heavy atom. The largest absolute Gasteiger partial charge is 0.388 e. The lowest BCUT2D eigenvalue weighted by Gasteiger charge is -2.07. The Bertz CT molecular complexity index is 533. The monoisotopic (exact) mass is 404 g/mol. The minimum absolute atomic E-state index is 0. The number of aliphatic hydroxyl groups is 1. The second-order valence-corrected chi connectivity index (χ2v) is 7.10. The highest BCUT2D eigenvalue weighted by atomic mass is 35.5. The number of nitrogens with one attached hydrogen (secondary N) is 2. The predicted octanol–water partition coefficient (Wildman–Crippen LogP) is 4.13. The molecule has 0 aliphatic heterocycles. The van der Waals surface area contributed by atoms with Crippen LogP contribution in [0.2, 0.25) is 0 Å². The van der Waals surface area contributed by atoms with Crippen molar-refractivity contribution in [3.05, 3.63) is 44.8 Å². The number of halogens is 1. The number of rotatable bonds is 10. The molecule has 0 amide bonds. The molecule has 0 aliphatic rings. The van der Waals surface area contributed by atoms with Crippen LogP contribution in [-0.2, 0) is 0 Å². The maximum Gasteiger partial charge on any atom is 0.174 e. The fourth-order valence-electron chi connectivity index (χ4n) is 1.98. The average Bonchev–Trinajstić information content (AvgIpc) is 3.29. The van der Waals surface area contributed by atoms with Gasteiger partial charge in [0.15, 0.2) is 5.78 Å². The molecule has 1 atom stereocenters. The zero-order valence-corrected chi connectivity index (χ0v) is 17.3. The molecule has 4 nitrogen and oxygen atoms in total. The van der Waals surface area contributed by atoms with Gasteiger partial charge in [-0.1, -0.05) is 26.0 Å². The molecule has 0 aromatic carbocycles. The van der Waals surface area contributed by atoms with Gasteiger partial charge in [0.25, 0.3) is 0 Å². The van der Waals surface area contributed by atoms with Crippen molar-refractivity contribution < 1.29 is 9.90 Å². The summed E-state index contributed by atoms with van der Waals surface area (Å²) < 4.78 is 0. The van der Waals surface area contributed by atoms with Gasteiger partial charge in [-0.05, 0) is 48.9 Å². The van der Waals surface area contributed by atoms with E-state index in [0.29, 0.717) is 6.42 Å². The first kappa shape index (κ1) is 24.2. The molecule has 2 heterocycles. The molecule has 0 fully saturated rings. The van der Waals surface area contributed by atoms with E-state index in [1.165, 1.54) is 11.3 Å². The van der Waals surface area contributed by atoms with Crippen molar-refractivity contribution >= 4 is 40.9 Å². The van der Waals surface area contributed by atoms with Crippen molar-refractivity contribution in [1.29, 1.82) is 0 Å². The van der Waals surface area contributed by atoms with Crippen molar-refractivity contribution in [1.82, 2.24) is 10.6 Å². The van der Waals surface area contributed by atoms with Gasteiger partial charge in [0.1, 0.15) is 0 Å². The maximum absolute atomic E-state index is 11.4. The predicted molar refractivity (Wildman–Crippen MR) is 111 cm³/mol. The standard InChI is InChI=1S/C9H15NOS.C9H13NOS.ClH/c2*1-2-10-6-5-8(11)9-4-3-7-12-9;/h3-4,7-8,10-11H,2,5-6H2,1H3;3-4,7,10H,2,5-6H2,1H3;1H/t8-;;/m0../s1. The number of hydrogen-bond donors (Lipinski definition) is 3. The smallest absolute Gasteiger partial charge is 0.174 e. The number of thiophene rings is 2. The highest BCUT2D eigenvalue weighted by molar-refractivity contribution is 7.12. The van der Waals surface area contributed by atoms with Crippen LogP contribution < -0.4 is 10.6 Å². The van der Waals surface area contributed by atoms with Crippen molar-refractivity contribution in [2.45, 2.75) is 32.8 Å². The van der Waals surface area contributed by atoms with Gasteiger partial charge < -0.3 is 15.7 Å². The van der Waals surface area contributed by atoms with E-state index in [4.69, 9.17) is 0 Å². The molecule has 2 aromatic rings. The van der Waals surface area contributed by atoms with Crippen LogP contribution in [0.5, 0.6) is 0 Å². The van der Waals surface area contributed by atoms with Crippen LogP contribution in [0.1, 0.15) is 47.3 Å². The zero-order valence-electron chi connectivity index (χ0n) is 14.9. The number of carbonyl (C=O) groups excluding carboxylic acids is 1. The third-order valence-corrected chi connectivity index (χ3v) is 5.18. The summed E-state index contributed by atoms with van der Waals surface area (Å²) in [7, 11) is 0. The molecule has 0 saturated carbocycles. The summed E-state index contributed by atoms with van der Waals surface area (Å²) in [6, 6.07) is 7.72. The fraction of sp³-hybridized carbons (Fsp3) is 0.500. The minimum atomic E-state index is -0.288. The molecular weight excluding hydrogens is 376 g/mol. The van der Waals surface area contributed by atoms with E-state index in [1.54, 1.807) is 11.3 Å². The van der Waals surface area contributed by atoms with Crippen LogP contribution in [0.4, 0.5) is 0 Å². The Labute approximate surface area is 165 Å². The van der Waals surface area contributed by atoms with Gasteiger partial charge in [-0.2, -0.15) is 0 Å². The summed E-state index contributed by atoms with van der Waals surface area (Å²) in [6.45, 7) is 7.67. The van der Waals surface area contributed by atoms with E-state index in [2.05, 4.69) is 17.6 Å². The lowest BCUT2D eigenvalue weighted by atomic mass is 10.2. The molecule has 0 spiro atoms. The van der Waals surface area contributed by atoms with E-state index >= 15 is 0 Å². The zero-order chi connectivity index (χ0) is 17.6. The molecule has 0 aliphatic carbocycles. The summed E-state index contributed by atoms with van der Waals surface area (Å²) >= 11 is 3.12. The van der Waals surface area contributed by atoms with Crippen LogP contribution in [0.25, 0.3) is 0 Å². The van der Waals surface area contributed by atoms with Crippen LogP contribution in [-0.4, -0.2) is 37.1 Å². The second-order valence-electron chi connectivity index (χ2n) is 5.18. The quantitative estimate of drug-likeness (QED) is 0.411. The topological polar surface area (TPSA) is 61.4 Å². The van der Waals surface area contributed by atoms with E-state index in [0.717, 1.165) is 42.4 Å². The average molecular weight is 405 g/mol. The Morgan fingerprint density at radius 3 is 2.28 bits per heavy atom. The van der Waals surface area contributed by atoms with Crippen LogP contribution in [0.3, 0.4) is 0 Å². The van der Waals surface area contributed by atoms with Gasteiger partial charge in [-0.25, -0.2) is 0 Å². The van der Waals surface area contributed by atoms with E-state index in [9.17, 15) is 9.90 Å². The van der Waals surface area contributed by atoms with Gasteiger partial charge in [0.05, 0.1) is 11.0 Å². The number of hydrogen-bond acceptors (Lipinski definition) is 6. The first-order chi connectivity index (χ1) is 11.7. The first-order valence-electron chi connectivity index (χ1n) is 8.38. The van der Waals surface area contributed by atoms with E-state index in [1.807, 2.05) is 41.9 Å². The lowest BCUT2D eigenvalue weighted by molar-refractivity contribution is 0.0986. The summed E-state index contributed by atoms with van der Waals surface area (Å²) in [5.74, 6) is 0.242. The number of aliphatic hydroxyl groups excluding tert-OH is 1. The Hall–Kier alpha value is -0.760. The molecule has 0 unspecified atom stereocenters. The van der Waals surface area contributed by atoms with Crippen molar-refractivity contribution in [2.75, 3.05) is 26.2 Å². The van der Waals surface area contributed by atoms with Crippen molar-refractivity contribution in [2.24, 2.45) is 0 Å². The van der Waals surface area contributed by atoms with E-state index in [-0.39, 0.29) is 24.3 Å². The Morgan fingerprint density at radius 2 is 1.72 bits per heavy atom. The maximum atomic E-state index is 11.4. The molecule has 142 valence electrons. The minimum Gasteiger partial charge on any atom is -0.388 e. The number of ketones is 1. The second kappa shape index (κ2) is 15.5. The van der Waals surface area contributed by atoms with Gasteiger partial charge in [0.2, 0.25) is 0 Å². The van der Waals surface area contributed by atoms with Crippen LogP contribution >= 0.6 is 35.1 Å². The van der Waals surface area contributed by atoms with Gasteiger partial charge in [-0.15, -0.1) is 35.1 Å². The normalized spacial score (nSPS) is 11.2. The lowest BCUT2D eigenvalue weighted by Crippen LogP contribution is -2.17. The van der Waals surface area contributed by atoms with Crippen LogP contribution in [0, 0.1) is 0 Å². The highest BCUT2D eigenvalue weighted by Crippen LogP contribution is 2.20. The SMILES string of the molecule is CCNCCC(=O)c1cccs1.CCNCC[C@H](O)c1cccs1.Cl. The van der Waals surface area contributed by atoms with E-state index < -0.39 is 0 Å². The molecular formula is C18H29ClN2O2S2. The van der Waals surface area contributed by atoms with Gasteiger partial charge >= 0.3 is 0 Å². The Balaban J connectivity index is 0.000000443. The molecule has 7 heteroatoms. The molecule has 25 heavy (non-hydrogen) atoms. The highest BCUT2D eigenvalue weighted by Gasteiger charge is 2.06. The molecule has 0 bridgehead atoms. The molecule has 0 saturated heterocycles. The third kappa shape index (κ3) is 10.7. The van der Waals surface area contributed by atoms with Gasteiger partial charge in [-0.3, -0.25) is 4.79 Å². The summed E-state index contributed by atoms with van der Waals surface area (Å²) in [6.07, 6.45) is 1.12. The molecule has 2 rings (SSSR count). The third-order valence-electron chi connectivity index (χ3n) is 3.29. The first-order valence-corrected chi connectivity index (χ1v) is 10.1. The number of Topliss-reactive ketones (excluding diaryl/α,β-unsaturated/α-hetero) is 1. The van der Waals surface area contributed by atoms with Crippen molar-refractivity contribution in [3.8, 4) is 0 Å². The molecule has 2 aromatic heterocycles. The number of carbonyl (C=O) groups is 1. The van der Waals surface area contributed by atoms with Crippen molar-refractivity contribution in [3.63, 3.8) is 0 Å². The van der Waals surface area contributed by atoms with Gasteiger partial charge in [0, 0.05) is 17.8 Å². The van der Waals surface area contributed by atoms with Crippen LogP contribution in [0.15, 0.2) is 35.0 Å². The molecule has 0 radical (unpaired) electrons. The summed E-state index contributed by atoms with van der Waals surface area (Å²) in [4.78, 5) is 13.3. The Kier molecular flexibility index (Phi) is 15.0.